The Morgan fingerprint density at radius 1 is 1.00 bits per heavy atom. The van der Waals surface area contributed by atoms with Gasteiger partial charge in [-0.2, -0.15) is 10.2 Å². The summed E-state index contributed by atoms with van der Waals surface area (Å²) in [4.78, 5) is 8.13. The average molecular weight is 182 g/mol. The van der Waals surface area contributed by atoms with Crippen molar-refractivity contribution in [2.75, 3.05) is 0 Å². The zero-order valence-corrected chi connectivity index (χ0v) is 7.25. The lowest BCUT2D eigenvalue weighted by molar-refractivity contribution is 1.08. The molecule has 0 radical (unpaired) electrons. The number of aromatic nitrogens is 4. The van der Waals surface area contributed by atoms with E-state index in [4.69, 9.17) is 0 Å². The van der Waals surface area contributed by atoms with E-state index >= 15 is 0 Å². The maximum absolute atomic E-state index is 4.17. The van der Waals surface area contributed by atoms with Crippen molar-refractivity contribution < 1.29 is 0 Å². The third-order valence-corrected chi connectivity index (χ3v) is 2.14. The Labute approximate surface area is 79.6 Å². The fourth-order valence-corrected chi connectivity index (χ4v) is 1.46. The van der Waals surface area contributed by atoms with E-state index in [1.807, 2.05) is 18.2 Å². The Kier molecular flexibility index (Phi) is 1.41. The van der Waals surface area contributed by atoms with Gasteiger partial charge in [-0.15, -0.1) is 0 Å². The Morgan fingerprint density at radius 3 is 2.93 bits per heavy atom. The second kappa shape index (κ2) is 2.70. The predicted molar refractivity (Wildman–Crippen MR) is 52.6 cm³/mol. The summed E-state index contributed by atoms with van der Waals surface area (Å²) in [5.41, 5.74) is 1.80. The van der Waals surface area contributed by atoms with Crippen LogP contribution in [-0.4, -0.2) is 20.2 Å². The van der Waals surface area contributed by atoms with E-state index in [0.29, 0.717) is 0 Å². The summed E-state index contributed by atoms with van der Waals surface area (Å²) in [7, 11) is 0. The second-order valence-corrected chi connectivity index (χ2v) is 3.02. The van der Waals surface area contributed by atoms with Crippen LogP contribution in [-0.2, 0) is 0 Å². The van der Waals surface area contributed by atoms with Gasteiger partial charge in [-0.3, -0.25) is 0 Å². The van der Waals surface area contributed by atoms with Crippen molar-refractivity contribution in [1.82, 2.24) is 20.2 Å². The average Bonchev–Trinajstić information content (AvgIpc) is 2.26. The maximum atomic E-state index is 4.17. The van der Waals surface area contributed by atoms with E-state index in [0.717, 1.165) is 21.8 Å². The van der Waals surface area contributed by atoms with Crippen molar-refractivity contribution in [3.05, 3.63) is 36.9 Å². The molecule has 0 aliphatic carbocycles. The number of hydrogen-bond acceptors (Lipinski definition) is 4. The molecule has 1 aromatic carbocycles. The molecule has 0 saturated carbocycles. The van der Waals surface area contributed by atoms with Crippen LogP contribution in [0.3, 0.4) is 0 Å². The number of hydrogen-bond donors (Lipinski definition) is 0. The molecule has 4 heteroatoms. The smallest absolute Gasteiger partial charge is 0.116 e. The van der Waals surface area contributed by atoms with Crippen LogP contribution in [0.15, 0.2) is 36.9 Å². The van der Waals surface area contributed by atoms with Crippen LogP contribution in [0.1, 0.15) is 0 Å². The molecule has 0 saturated heterocycles. The van der Waals surface area contributed by atoms with E-state index in [1.54, 1.807) is 18.7 Å². The molecule has 0 atom stereocenters. The van der Waals surface area contributed by atoms with Gasteiger partial charge in [0.1, 0.15) is 6.33 Å². The molecular formula is C10H6N4. The standard InChI is InChI=1S/C10H6N4/c1-2-13-14-10-4-8-5-11-6-12-9(8)3-7(1)10/h1-6H. The Bertz CT molecular complexity index is 501. The van der Waals surface area contributed by atoms with Gasteiger partial charge in [0.15, 0.2) is 0 Å². The van der Waals surface area contributed by atoms with E-state index in [1.165, 1.54) is 0 Å². The van der Waals surface area contributed by atoms with Gasteiger partial charge in [0, 0.05) is 17.0 Å². The van der Waals surface area contributed by atoms with Crippen LogP contribution in [0.4, 0.5) is 0 Å². The van der Waals surface area contributed by atoms with Crippen LogP contribution in [0.5, 0.6) is 0 Å². The molecule has 2 aromatic heterocycles. The molecule has 0 unspecified atom stereocenters. The van der Waals surface area contributed by atoms with E-state index < -0.39 is 0 Å². The van der Waals surface area contributed by atoms with Crippen molar-refractivity contribution in [3.8, 4) is 0 Å². The molecule has 0 N–H and O–H groups in total. The molecule has 0 bridgehead atoms. The highest BCUT2D eigenvalue weighted by molar-refractivity contribution is 5.93. The highest BCUT2D eigenvalue weighted by atomic mass is 15.1. The molecule has 2 heterocycles. The third kappa shape index (κ3) is 1.01. The van der Waals surface area contributed by atoms with Crippen LogP contribution < -0.4 is 0 Å². The SMILES string of the molecule is c1cc2cc3ncncc3cc2nn1. The van der Waals surface area contributed by atoms with E-state index in [2.05, 4.69) is 20.2 Å². The van der Waals surface area contributed by atoms with Crippen molar-refractivity contribution in [2.45, 2.75) is 0 Å². The van der Waals surface area contributed by atoms with Gasteiger partial charge >= 0.3 is 0 Å². The minimum Gasteiger partial charge on any atom is -0.244 e. The third-order valence-electron chi connectivity index (χ3n) is 2.14. The van der Waals surface area contributed by atoms with Crippen LogP contribution in [0.25, 0.3) is 21.8 Å². The number of benzene rings is 1. The molecule has 0 aliphatic rings. The topological polar surface area (TPSA) is 51.6 Å². The predicted octanol–water partition coefficient (Wildman–Crippen LogP) is 1.57. The molecule has 0 fully saturated rings. The van der Waals surface area contributed by atoms with Gasteiger partial charge in [-0.05, 0) is 18.2 Å². The lowest BCUT2D eigenvalue weighted by Gasteiger charge is -1.98. The monoisotopic (exact) mass is 182 g/mol. The van der Waals surface area contributed by atoms with Crippen LogP contribution in [0, 0.1) is 0 Å². The normalized spacial score (nSPS) is 10.9. The second-order valence-electron chi connectivity index (χ2n) is 3.02. The lowest BCUT2D eigenvalue weighted by Crippen LogP contribution is -1.85. The summed E-state index contributed by atoms with van der Waals surface area (Å²) in [6, 6.07) is 5.85. The quantitative estimate of drug-likeness (QED) is 0.495. The number of fused-ring (bicyclic) bond motifs is 2. The van der Waals surface area contributed by atoms with Crippen LogP contribution >= 0.6 is 0 Å². The first-order chi connectivity index (χ1) is 6.93. The zero-order valence-electron chi connectivity index (χ0n) is 7.25. The molecule has 3 rings (SSSR count). The fourth-order valence-electron chi connectivity index (χ4n) is 1.46. The van der Waals surface area contributed by atoms with Crippen molar-refractivity contribution in [2.24, 2.45) is 0 Å². The minimum absolute atomic E-state index is 0.870. The van der Waals surface area contributed by atoms with Gasteiger partial charge in [-0.1, -0.05) is 0 Å². The Hall–Kier alpha value is -2.10. The van der Waals surface area contributed by atoms with Gasteiger partial charge in [0.2, 0.25) is 0 Å². The first-order valence-corrected chi connectivity index (χ1v) is 4.25. The molecule has 3 aromatic rings. The highest BCUT2D eigenvalue weighted by Gasteiger charge is 1.98. The summed E-state index contributed by atoms with van der Waals surface area (Å²) in [6.07, 6.45) is 4.99. The van der Waals surface area contributed by atoms with Crippen molar-refractivity contribution >= 4 is 21.8 Å². The first-order valence-electron chi connectivity index (χ1n) is 4.25. The van der Waals surface area contributed by atoms with Gasteiger partial charge in [0.25, 0.3) is 0 Å². The van der Waals surface area contributed by atoms with E-state index in [-0.39, 0.29) is 0 Å². The summed E-state index contributed by atoms with van der Waals surface area (Å²) < 4.78 is 0. The molecule has 66 valence electrons. The Morgan fingerprint density at radius 2 is 1.93 bits per heavy atom. The number of nitrogens with zero attached hydrogens (tertiary/aromatic N) is 4. The molecule has 0 aliphatic heterocycles. The summed E-state index contributed by atoms with van der Waals surface area (Å²) in [6.45, 7) is 0. The van der Waals surface area contributed by atoms with Crippen molar-refractivity contribution in [1.29, 1.82) is 0 Å². The molecule has 4 nitrogen and oxygen atoms in total. The molecular weight excluding hydrogens is 176 g/mol. The first kappa shape index (κ1) is 7.32. The summed E-state index contributed by atoms with van der Waals surface area (Å²) >= 11 is 0. The summed E-state index contributed by atoms with van der Waals surface area (Å²) in [5, 5.41) is 9.89. The summed E-state index contributed by atoms with van der Waals surface area (Å²) in [5.74, 6) is 0. The fraction of sp³-hybridized carbons (Fsp3) is 0. The maximum Gasteiger partial charge on any atom is 0.116 e. The largest absolute Gasteiger partial charge is 0.244 e. The minimum atomic E-state index is 0.870. The zero-order chi connectivity index (χ0) is 9.38. The molecule has 0 spiro atoms. The van der Waals surface area contributed by atoms with E-state index in [9.17, 15) is 0 Å². The van der Waals surface area contributed by atoms with Crippen LogP contribution in [0.2, 0.25) is 0 Å². The van der Waals surface area contributed by atoms with Gasteiger partial charge in [0.05, 0.1) is 17.2 Å². The lowest BCUT2D eigenvalue weighted by atomic mass is 10.2. The number of rotatable bonds is 0. The molecule has 14 heavy (non-hydrogen) atoms. The van der Waals surface area contributed by atoms with Crippen molar-refractivity contribution in [3.63, 3.8) is 0 Å². The van der Waals surface area contributed by atoms with Gasteiger partial charge < -0.3 is 0 Å². The Balaban J connectivity index is 2.52. The molecule has 0 amide bonds. The van der Waals surface area contributed by atoms with Gasteiger partial charge in [-0.25, -0.2) is 9.97 Å². The highest BCUT2D eigenvalue weighted by Crippen LogP contribution is 2.17.